The van der Waals surface area contributed by atoms with E-state index in [1.807, 2.05) is 0 Å². The molecule has 0 radical (unpaired) electrons. The molecule has 0 aromatic carbocycles. The second-order valence-corrected chi connectivity index (χ2v) is 4.84. The third-order valence-electron chi connectivity index (χ3n) is 3.46. The van der Waals surface area contributed by atoms with Crippen molar-refractivity contribution in [3.8, 4) is 0 Å². The van der Waals surface area contributed by atoms with Crippen LogP contribution in [0.4, 0.5) is 0 Å². The van der Waals surface area contributed by atoms with Gasteiger partial charge in [-0.1, -0.05) is 26.7 Å². The molecule has 1 fully saturated rings. The monoisotopic (exact) mass is 216 g/mol. The van der Waals surface area contributed by atoms with Gasteiger partial charge in [0.2, 0.25) is 0 Å². The number of hydrogen-bond acceptors (Lipinski definition) is 2. The first-order chi connectivity index (χ1) is 6.77. The molecule has 0 aromatic heterocycles. The Labute approximate surface area is 88.7 Å². The smallest absolute Gasteiger partial charge is 0.291 e. The average molecular weight is 216 g/mol. The molecule has 0 amide bonds. The summed E-state index contributed by atoms with van der Waals surface area (Å²) >= 11 is 0. The predicted octanol–water partition coefficient (Wildman–Crippen LogP) is 4.20. The van der Waals surface area contributed by atoms with Gasteiger partial charge < -0.3 is 0 Å². The van der Waals surface area contributed by atoms with Gasteiger partial charge in [-0.15, -0.1) is 0 Å². The van der Waals surface area contributed by atoms with Crippen molar-refractivity contribution in [2.75, 3.05) is 0 Å². The van der Waals surface area contributed by atoms with Gasteiger partial charge in [-0.3, -0.25) is 4.52 Å². The van der Waals surface area contributed by atoms with Crippen LogP contribution in [-0.2, 0) is 9.09 Å². The molecule has 1 aliphatic rings. The lowest BCUT2D eigenvalue weighted by Gasteiger charge is -2.30. The fourth-order valence-electron chi connectivity index (χ4n) is 2.51. The first-order valence-corrected chi connectivity index (χ1v) is 6.49. The molecule has 0 heterocycles. The van der Waals surface area contributed by atoms with Gasteiger partial charge in [-0.25, -0.2) is 4.57 Å². The van der Waals surface area contributed by atoms with Crippen molar-refractivity contribution < 1.29 is 9.09 Å². The van der Waals surface area contributed by atoms with Crippen molar-refractivity contribution in [1.29, 1.82) is 0 Å². The maximum Gasteiger partial charge on any atom is 0.327 e. The van der Waals surface area contributed by atoms with E-state index in [1.165, 1.54) is 25.7 Å². The third kappa shape index (κ3) is 3.67. The highest BCUT2D eigenvalue weighted by molar-refractivity contribution is 7.17. The Hall–Kier alpha value is 0.0600. The standard InChI is InChI=1S/C11H21O2P/c1-3-4-9(2)10-5-7-11(8-6-10)13-14-12/h9-11H,3-8H2,1-2H3. The maximum atomic E-state index is 10.3. The molecular formula is C11H21O2P. The highest BCUT2D eigenvalue weighted by Gasteiger charge is 2.25. The molecule has 1 atom stereocenters. The van der Waals surface area contributed by atoms with E-state index in [0.717, 1.165) is 24.7 Å². The van der Waals surface area contributed by atoms with Gasteiger partial charge in [0.15, 0.2) is 0 Å². The van der Waals surface area contributed by atoms with Crippen LogP contribution in [0.15, 0.2) is 0 Å². The molecule has 14 heavy (non-hydrogen) atoms. The van der Waals surface area contributed by atoms with Gasteiger partial charge in [0, 0.05) is 0 Å². The molecule has 0 aliphatic heterocycles. The average Bonchev–Trinajstić information content (AvgIpc) is 2.20. The van der Waals surface area contributed by atoms with Crippen LogP contribution >= 0.6 is 8.69 Å². The Kier molecular flexibility index (Phi) is 5.66. The van der Waals surface area contributed by atoms with E-state index in [2.05, 4.69) is 13.8 Å². The molecule has 0 bridgehead atoms. The van der Waals surface area contributed by atoms with Crippen LogP contribution in [0.3, 0.4) is 0 Å². The normalized spacial score (nSPS) is 30.4. The first-order valence-electron chi connectivity index (χ1n) is 5.76. The largest absolute Gasteiger partial charge is 0.327 e. The highest BCUT2D eigenvalue weighted by atomic mass is 31.1. The molecule has 1 unspecified atom stereocenters. The maximum absolute atomic E-state index is 10.3. The zero-order valence-electron chi connectivity index (χ0n) is 9.24. The Morgan fingerprint density at radius 3 is 2.50 bits per heavy atom. The fourth-order valence-corrected chi connectivity index (χ4v) is 2.85. The van der Waals surface area contributed by atoms with Crippen molar-refractivity contribution in [3.05, 3.63) is 0 Å². The van der Waals surface area contributed by atoms with Gasteiger partial charge in [0.25, 0.3) is 0 Å². The van der Waals surface area contributed by atoms with Crippen LogP contribution in [0.2, 0.25) is 0 Å². The van der Waals surface area contributed by atoms with E-state index in [9.17, 15) is 4.57 Å². The molecule has 0 saturated heterocycles. The second-order valence-electron chi connectivity index (χ2n) is 4.48. The summed E-state index contributed by atoms with van der Waals surface area (Å²) in [6.07, 6.45) is 7.57. The summed E-state index contributed by atoms with van der Waals surface area (Å²) in [6.45, 7) is 4.61. The summed E-state index contributed by atoms with van der Waals surface area (Å²) in [5, 5.41) is 0. The summed E-state index contributed by atoms with van der Waals surface area (Å²) in [4.78, 5) is 0. The lowest BCUT2D eigenvalue weighted by molar-refractivity contribution is 0.123. The van der Waals surface area contributed by atoms with E-state index in [0.29, 0.717) is 0 Å². The van der Waals surface area contributed by atoms with E-state index >= 15 is 0 Å². The summed E-state index contributed by atoms with van der Waals surface area (Å²) in [6, 6.07) is 0. The van der Waals surface area contributed by atoms with Crippen LogP contribution in [0.25, 0.3) is 0 Å². The Bertz CT molecular complexity index is 165. The van der Waals surface area contributed by atoms with Crippen LogP contribution in [0, 0.1) is 11.8 Å². The summed E-state index contributed by atoms with van der Waals surface area (Å²) in [5.41, 5.74) is 0. The zero-order valence-corrected chi connectivity index (χ0v) is 10.1. The molecule has 3 heteroatoms. The molecular weight excluding hydrogens is 195 g/mol. The SMILES string of the molecule is CCCC(C)C1CCC(OP=O)CC1. The summed E-state index contributed by atoms with van der Waals surface area (Å²) < 4.78 is 15.4. The summed E-state index contributed by atoms with van der Waals surface area (Å²) in [7, 11) is -0.148. The molecule has 1 aliphatic carbocycles. The summed E-state index contributed by atoms with van der Waals surface area (Å²) in [5.74, 6) is 1.73. The number of rotatable bonds is 5. The van der Waals surface area contributed by atoms with Crippen LogP contribution in [-0.4, -0.2) is 6.10 Å². The second kappa shape index (κ2) is 6.53. The molecule has 0 aromatic rings. The lowest BCUT2D eigenvalue weighted by Crippen LogP contribution is -2.23. The van der Waals surface area contributed by atoms with Gasteiger partial charge in [-0.2, -0.15) is 0 Å². The van der Waals surface area contributed by atoms with E-state index in [4.69, 9.17) is 4.52 Å². The zero-order chi connectivity index (χ0) is 10.4. The molecule has 0 spiro atoms. The van der Waals surface area contributed by atoms with Gasteiger partial charge in [0.05, 0.1) is 6.10 Å². The Morgan fingerprint density at radius 2 is 2.00 bits per heavy atom. The van der Waals surface area contributed by atoms with Crippen molar-refractivity contribution >= 4 is 8.69 Å². The number of hydrogen-bond donors (Lipinski definition) is 0. The quantitative estimate of drug-likeness (QED) is 0.643. The minimum atomic E-state index is -0.148. The van der Waals surface area contributed by atoms with E-state index < -0.39 is 0 Å². The van der Waals surface area contributed by atoms with Crippen molar-refractivity contribution in [2.45, 2.75) is 58.5 Å². The van der Waals surface area contributed by atoms with Crippen molar-refractivity contribution in [3.63, 3.8) is 0 Å². The van der Waals surface area contributed by atoms with Gasteiger partial charge >= 0.3 is 8.69 Å². The van der Waals surface area contributed by atoms with Crippen LogP contribution < -0.4 is 0 Å². The molecule has 1 rings (SSSR count). The lowest BCUT2D eigenvalue weighted by atomic mass is 9.78. The van der Waals surface area contributed by atoms with Gasteiger partial charge in [0.1, 0.15) is 0 Å². The molecule has 82 valence electrons. The molecule has 0 N–H and O–H groups in total. The van der Waals surface area contributed by atoms with E-state index in [-0.39, 0.29) is 14.8 Å². The molecule has 2 nitrogen and oxygen atoms in total. The first kappa shape index (κ1) is 12.1. The topological polar surface area (TPSA) is 26.3 Å². The predicted molar refractivity (Wildman–Crippen MR) is 58.5 cm³/mol. The van der Waals surface area contributed by atoms with E-state index in [1.54, 1.807) is 0 Å². The fraction of sp³-hybridized carbons (Fsp3) is 1.00. The van der Waals surface area contributed by atoms with Gasteiger partial charge in [-0.05, 0) is 37.5 Å². The minimum Gasteiger partial charge on any atom is -0.291 e. The van der Waals surface area contributed by atoms with Crippen molar-refractivity contribution in [1.82, 2.24) is 0 Å². The highest BCUT2D eigenvalue weighted by Crippen LogP contribution is 2.34. The Balaban J connectivity index is 2.24. The van der Waals surface area contributed by atoms with Crippen molar-refractivity contribution in [2.24, 2.45) is 11.8 Å². The third-order valence-corrected chi connectivity index (χ3v) is 3.84. The Morgan fingerprint density at radius 1 is 1.36 bits per heavy atom. The molecule has 1 saturated carbocycles. The minimum absolute atomic E-state index is 0.148. The van der Waals surface area contributed by atoms with Crippen LogP contribution in [0.1, 0.15) is 52.4 Å². The van der Waals surface area contributed by atoms with Crippen LogP contribution in [0.5, 0.6) is 0 Å².